The van der Waals surface area contributed by atoms with Crippen molar-refractivity contribution in [3.63, 3.8) is 0 Å². The number of anilines is 1. The van der Waals surface area contributed by atoms with Crippen molar-refractivity contribution in [2.45, 2.75) is 55.6 Å². The van der Waals surface area contributed by atoms with E-state index < -0.39 is 15.4 Å². The van der Waals surface area contributed by atoms with E-state index in [0.29, 0.717) is 11.3 Å². The molecule has 1 aliphatic carbocycles. The molecule has 0 aromatic heterocycles. The van der Waals surface area contributed by atoms with Crippen LogP contribution >= 0.6 is 0 Å². The highest BCUT2D eigenvalue weighted by molar-refractivity contribution is 7.91. The molecule has 6 heteroatoms. The van der Waals surface area contributed by atoms with Crippen molar-refractivity contribution in [1.29, 1.82) is 0 Å². The van der Waals surface area contributed by atoms with Crippen molar-refractivity contribution in [2.24, 2.45) is 0 Å². The fourth-order valence-corrected chi connectivity index (χ4v) is 5.79. The largest absolute Gasteiger partial charge is 0.364 e. The summed E-state index contributed by atoms with van der Waals surface area (Å²) in [5.74, 6) is -0.305. The Morgan fingerprint density at radius 3 is 2.41 bits per heavy atom. The lowest BCUT2D eigenvalue weighted by molar-refractivity contribution is -0.136. The minimum atomic E-state index is -3.20. The van der Waals surface area contributed by atoms with Gasteiger partial charge in [-0.15, -0.1) is 0 Å². The van der Waals surface area contributed by atoms with Gasteiger partial charge >= 0.3 is 0 Å². The molecule has 0 radical (unpaired) electrons. The highest BCUT2D eigenvalue weighted by Crippen LogP contribution is 2.28. The summed E-state index contributed by atoms with van der Waals surface area (Å²) >= 11 is 0. The molecule has 0 spiro atoms. The molecular weight excluding hydrogens is 386 g/mol. The van der Waals surface area contributed by atoms with Crippen LogP contribution in [0.1, 0.15) is 50.2 Å². The summed E-state index contributed by atoms with van der Waals surface area (Å²) in [6, 6.07) is 16.3. The van der Waals surface area contributed by atoms with Gasteiger partial charge in [0.25, 0.3) is 5.91 Å². The van der Waals surface area contributed by atoms with Gasteiger partial charge in [0.2, 0.25) is 0 Å². The van der Waals surface area contributed by atoms with Gasteiger partial charge in [0.1, 0.15) is 0 Å². The van der Waals surface area contributed by atoms with Gasteiger partial charge in [-0.3, -0.25) is 4.79 Å². The molecule has 1 saturated carbocycles. The second-order valence-corrected chi connectivity index (χ2v) is 10.1. The van der Waals surface area contributed by atoms with Crippen LogP contribution in [0.2, 0.25) is 0 Å². The normalized spacial score (nSPS) is 17.4. The lowest BCUT2D eigenvalue weighted by Crippen LogP contribution is -2.39. The Labute approximate surface area is 173 Å². The van der Waals surface area contributed by atoms with Gasteiger partial charge in [0, 0.05) is 12.8 Å². The average molecular weight is 416 g/mol. The Morgan fingerprint density at radius 2 is 1.76 bits per heavy atom. The molecule has 0 aliphatic heterocycles. The number of sulfone groups is 1. The molecule has 1 N–H and O–H groups in total. The highest BCUT2D eigenvalue weighted by atomic mass is 32.2. The number of benzene rings is 2. The molecule has 0 saturated heterocycles. The van der Waals surface area contributed by atoms with E-state index in [-0.39, 0.29) is 16.9 Å². The molecule has 1 amide bonds. The first-order valence-corrected chi connectivity index (χ1v) is 11.8. The predicted molar refractivity (Wildman–Crippen MR) is 115 cm³/mol. The van der Waals surface area contributed by atoms with Crippen LogP contribution in [0.25, 0.3) is 0 Å². The lowest BCUT2D eigenvalue weighted by Gasteiger charge is -2.27. The Hall–Kier alpha value is -2.18. The van der Waals surface area contributed by atoms with Crippen LogP contribution < -0.4 is 5.32 Å². The van der Waals surface area contributed by atoms with Crippen LogP contribution in [0, 0.1) is 0 Å². The Balaban J connectivity index is 1.75. The zero-order valence-electron chi connectivity index (χ0n) is 17.1. The monoisotopic (exact) mass is 415 g/mol. The van der Waals surface area contributed by atoms with E-state index in [0.717, 1.165) is 37.7 Å². The molecule has 1 atom stereocenters. The van der Waals surface area contributed by atoms with E-state index in [4.69, 9.17) is 4.74 Å². The molecule has 0 bridgehead atoms. The average Bonchev–Trinajstić information content (AvgIpc) is 2.74. The maximum atomic E-state index is 13.0. The van der Waals surface area contributed by atoms with Crippen LogP contribution in [0.15, 0.2) is 54.6 Å². The standard InChI is InChI=1S/C23H29NO4S/c1-23(28-2,19-11-5-3-6-12-19)22(25)24-20-13-9-10-18(16-20)17-29(26,27)21-14-7-4-8-15-21/h3,5-6,9-13,16,21H,4,7-8,14-15,17H2,1-2H3,(H,24,25). The number of amides is 1. The lowest BCUT2D eigenvalue weighted by atomic mass is 9.94. The van der Waals surface area contributed by atoms with Crippen molar-refractivity contribution >= 4 is 21.4 Å². The van der Waals surface area contributed by atoms with E-state index in [1.807, 2.05) is 30.3 Å². The highest BCUT2D eigenvalue weighted by Gasteiger charge is 2.35. The molecule has 2 aromatic carbocycles. The number of carbonyl (C=O) groups is 1. The zero-order chi connectivity index (χ0) is 20.9. The van der Waals surface area contributed by atoms with Gasteiger partial charge in [0.15, 0.2) is 15.4 Å². The summed E-state index contributed by atoms with van der Waals surface area (Å²) in [4.78, 5) is 13.0. The summed E-state index contributed by atoms with van der Waals surface area (Å²) in [7, 11) is -1.70. The molecule has 29 heavy (non-hydrogen) atoms. The van der Waals surface area contributed by atoms with Crippen LogP contribution in [0.4, 0.5) is 5.69 Å². The first-order chi connectivity index (χ1) is 13.8. The van der Waals surface area contributed by atoms with Crippen molar-refractivity contribution in [1.82, 2.24) is 0 Å². The maximum absolute atomic E-state index is 13.0. The number of hydrogen-bond donors (Lipinski definition) is 1. The third kappa shape index (κ3) is 5.06. The third-order valence-corrected chi connectivity index (χ3v) is 8.00. The van der Waals surface area contributed by atoms with Crippen molar-refractivity contribution in [3.05, 3.63) is 65.7 Å². The van der Waals surface area contributed by atoms with Gasteiger partial charge in [-0.1, -0.05) is 61.7 Å². The molecule has 156 valence electrons. The van der Waals surface area contributed by atoms with Gasteiger partial charge in [0.05, 0.1) is 11.0 Å². The van der Waals surface area contributed by atoms with E-state index >= 15 is 0 Å². The van der Waals surface area contributed by atoms with Crippen LogP contribution in [-0.4, -0.2) is 26.7 Å². The van der Waals surface area contributed by atoms with Crippen molar-refractivity contribution in [2.75, 3.05) is 12.4 Å². The number of rotatable bonds is 7. The SMILES string of the molecule is COC(C)(C(=O)Nc1cccc(CS(=O)(=O)C2CCCCC2)c1)c1ccccc1. The Bertz CT molecular complexity index is 936. The molecule has 5 nitrogen and oxygen atoms in total. The molecule has 1 unspecified atom stereocenters. The number of methoxy groups -OCH3 is 1. The first-order valence-electron chi connectivity index (χ1n) is 10.1. The molecule has 1 aliphatic rings. The van der Waals surface area contributed by atoms with Crippen molar-refractivity contribution < 1.29 is 17.9 Å². The summed E-state index contributed by atoms with van der Waals surface area (Å²) < 4.78 is 31.1. The number of carbonyl (C=O) groups excluding carboxylic acids is 1. The summed E-state index contributed by atoms with van der Waals surface area (Å²) in [5, 5.41) is 2.63. The Kier molecular flexibility index (Phi) is 6.75. The van der Waals surface area contributed by atoms with Gasteiger partial charge < -0.3 is 10.1 Å². The van der Waals surface area contributed by atoms with Crippen LogP contribution in [0.3, 0.4) is 0 Å². The fourth-order valence-electron chi connectivity index (χ4n) is 3.86. The van der Waals surface area contributed by atoms with Gasteiger partial charge in [-0.2, -0.15) is 0 Å². The first kappa shape index (κ1) is 21.5. The van der Waals surface area contributed by atoms with E-state index in [1.165, 1.54) is 7.11 Å². The molecular formula is C23H29NO4S. The second kappa shape index (κ2) is 9.09. The van der Waals surface area contributed by atoms with Crippen LogP contribution in [-0.2, 0) is 30.7 Å². The third-order valence-electron chi connectivity index (χ3n) is 5.78. The molecule has 3 rings (SSSR count). The van der Waals surface area contributed by atoms with Gasteiger partial charge in [-0.05, 0) is 43.0 Å². The van der Waals surface area contributed by atoms with E-state index in [9.17, 15) is 13.2 Å². The van der Waals surface area contributed by atoms with E-state index in [2.05, 4.69) is 5.32 Å². The number of ether oxygens (including phenoxy) is 1. The summed E-state index contributed by atoms with van der Waals surface area (Å²) in [6.45, 7) is 1.72. The van der Waals surface area contributed by atoms with E-state index in [1.54, 1.807) is 31.2 Å². The number of hydrogen-bond acceptors (Lipinski definition) is 4. The van der Waals surface area contributed by atoms with Crippen LogP contribution in [0.5, 0.6) is 0 Å². The molecule has 0 heterocycles. The molecule has 1 fully saturated rings. The second-order valence-electron chi connectivity index (χ2n) is 7.83. The van der Waals surface area contributed by atoms with Crippen molar-refractivity contribution in [3.8, 4) is 0 Å². The maximum Gasteiger partial charge on any atom is 0.260 e. The molecule has 2 aromatic rings. The quantitative estimate of drug-likeness (QED) is 0.726. The van der Waals surface area contributed by atoms with Gasteiger partial charge in [-0.25, -0.2) is 8.42 Å². The summed E-state index contributed by atoms with van der Waals surface area (Å²) in [5.41, 5.74) is 0.847. The fraction of sp³-hybridized carbons (Fsp3) is 0.435. The predicted octanol–water partition coefficient (Wildman–Crippen LogP) is 4.43. The number of nitrogens with one attached hydrogen (secondary N) is 1. The summed E-state index contributed by atoms with van der Waals surface area (Å²) in [6.07, 6.45) is 4.58. The smallest absolute Gasteiger partial charge is 0.260 e. The zero-order valence-corrected chi connectivity index (χ0v) is 17.9. The topological polar surface area (TPSA) is 72.5 Å². The minimum absolute atomic E-state index is 0.00160. The minimum Gasteiger partial charge on any atom is -0.364 e. The Morgan fingerprint density at radius 1 is 1.07 bits per heavy atom.